The largest absolute Gasteiger partial charge is 0.573 e. The summed E-state index contributed by atoms with van der Waals surface area (Å²) in [6.07, 6.45) is -3.79. The Hall–Kier alpha value is -1.23. The lowest BCUT2D eigenvalue weighted by atomic mass is 9.89. The average Bonchev–Trinajstić information content (AvgIpc) is 2.30. The standard InChI is InChI=1S/C14H20F3NO/c1-10(11(2)9-18-3)8-12-4-6-13(7-5-12)19-14(15,16)17/h4-7,10-11,18H,8-9H2,1-3H3. The van der Waals surface area contributed by atoms with Crippen LogP contribution in [0.25, 0.3) is 0 Å². The van der Waals surface area contributed by atoms with Gasteiger partial charge >= 0.3 is 6.36 Å². The van der Waals surface area contributed by atoms with Crippen molar-refractivity contribution in [1.29, 1.82) is 0 Å². The van der Waals surface area contributed by atoms with Crippen LogP contribution in [0.2, 0.25) is 0 Å². The second kappa shape index (κ2) is 6.80. The minimum absolute atomic E-state index is 0.174. The van der Waals surface area contributed by atoms with E-state index < -0.39 is 6.36 Å². The number of hydrogen-bond donors (Lipinski definition) is 1. The Balaban J connectivity index is 2.57. The van der Waals surface area contributed by atoms with Crippen molar-refractivity contribution in [2.75, 3.05) is 13.6 Å². The molecule has 0 saturated carbocycles. The maximum absolute atomic E-state index is 12.0. The van der Waals surface area contributed by atoms with Crippen molar-refractivity contribution in [3.8, 4) is 5.75 Å². The summed E-state index contributed by atoms with van der Waals surface area (Å²) in [5, 5.41) is 3.12. The molecule has 0 fully saturated rings. The molecule has 1 rings (SSSR count). The molecule has 0 amide bonds. The lowest BCUT2D eigenvalue weighted by molar-refractivity contribution is -0.274. The van der Waals surface area contributed by atoms with Crippen LogP contribution in [0.1, 0.15) is 19.4 Å². The van der Waals surface area contributed by atoms with Crippen LogP contribution in [0.15, 0.2) is 24.3 Å². The molecule has 0 radical (unpaired) electrons. The second-order valence-corrected chi connectivity index (χ2v) is 4.91. The summed E-state index contributed by atoms with van der Waals surface area (Å²) in [4.78, 5) is 0. The smallest absolute Gasteiger partial charge is 0.406 e. The van der Waals surface area contributed by atoms with Crippen molar-refractivity contribution in [1.82, 2.24) is 5.32 Å². The van der Waals surface area contributed by atoms with E-state index in [1.54, 1.807) is 12.1 Å². The Bertz CT molecular complexity index is 375. The van der Waals surface area contributed by atoms with Crippen molar-refractivity contribution in [3.05, 3.63) is 29.8 Å². The van der Waals surface area contributed by atoms with Crippen molar-refractivity contribution < 1.29 is 17.9 Å². The van der Waals surface area contributed by atoms with Gasteiger partial charge < -0.3 is 10.1 Å². The normalized spacial score (nSPS) is 15.1. The van der Waals surface area contributed by atoms with Crippen LogP contribution >= 0.6 is 0 Å². The van der Waals surface area contributed by atoms with Gasteiger partial charge in [-0.05, 0) is 49.5 Å². The fourth-order valence-corrected chi connectivity index (χ4v) is 1.92. The van der Waals surface area contributed by atoms with Gasteiger partial charge in [0.2, 0.25) is 0 Å². The first-order valence-electron chi connectivity index (χ1n) is 6.31. The van der Waals surface area contributed by atoms with E-state index >= 15 is 0 Å². The van der Waals surface area contributed by atoms with E-state index in [0.717, 1.165) is 18.5 Å². The van der Waals surface area contributed by atoms with Gasteiger partial charge in [-0.1, -0.05) is 26.0 Å². The minimum atomic E-state index is -4.63. The summed E-state index contributed by atoms with van der Waals surface area (Å²) in [7, 11) is 1.91. The van der Waals surface area contributed by atoms with Gasteiger partial charge in [-0.3, -0.25) is 0 Å². The molecule has 2 atom stereocenters. The topological polar surface area (TPSA) is 21.3 Å². The molecule has 0 spiro atoms. The molecule has 0 saturated heterocycles. The molecule has 5 heteroatoms. The van der Waals surface area contributed by atoms with E-state index in [1.165, 1.54) is 12.1 Å². The number of rotatable bonds is 6. The average molecular weight is 275 g/mol. The van der Waals surface area contributed by atoms with Crippen LogP contribution in [-0.4, -0.2) is 20.0 Å². The molecule has 0 heterocycles. The maximum Gasteiger partial charge on any atom is 0.573 e. The van der Waals surface area contributed by atoms with E-state index in [9.17, 15) is 13.2 Å². The SMILES string of the molecule is CNCC(C)C(C)Cc1ccc(OC(F)(F)F)cc1. The van der Waals surface area contributed by atoms with Gasteiger partial charge in [-0.2, -0.15) is 0 Å². The van der Waals surface area contributed by atoms with Gasteiger partial charge in [0.05, 0.1) is 0 Å². The molecule has 19 heavy (non-hydrogen) atoms. The van der Waals surface area contributed by atoms with E-state index in [0.29, 0.717) is 11.8 Å². The molecule has 0 bridgehead atoms. The van der Waals surface area contributed by atoms with Crippen molar-refractivity contribution in [2.24, 2.45) is 11.8 Å². The highest BCUT2D eigenvalue weighted by atomic mass is 19.4. The van der Waals surface area contributed by atoms with Gasteiger partial charge in [-0.25, -0.2) is 0 Å². The van der Waals surface area contributed by atoms with Crippen LogP contribution in [0.5, 0.6) is 5.75 Å². The summed E-state index contributed by atoms with van der Waals surface area (Å²) in [6.45, 7) is 5.22. The fraction of sp³-hybridized carbons (Fsp3) is 0.571. The zero-order valence-corrected chi connectivity index (χ0v) is 11.4. The Morgan fingerprint density at radius 1 is 1.11 bits per heavy atom. The molecule has 2 nitrogen and oxygen atoms in total. The molecule has 1 aromatic rings. The highest BCUT2D eigenvalue weighted by molar-refractivity contribution is 5.27. The first kappa shape index (κ1) is 15.8. The van der Waals surface area contributed by atoms with Crippen LogP contribution in [0.3, 0.4) is 0 Å². The quantitative estimate of drug-likeness (QED) is 0.856. The zero-order valence-electron chi connectivity index (χ0n) is 11.4. The molecule has 0 aliphatic rings. The number of benzene rings is 1. The summed E-state index contributed by atoms with van der Waals surface area (Å²) in [6, 6.07) is 6.09. The molecular formula is C14H20F3NO. The van der Waals surface area contributed by atoms with E-state index in [1.807, 2.05) is 7.05 Å². The molecule has 0 aliphatic carbocycles. The highest BCUT2D eigenvalue weighted by Gasteiger charge is 2.30. The Morgan fingerprint density at radius 3 is 2.16 bits per heavy atom. The molecular weight excluding hydrogens is 255 g/mol. The number of nitrogens with one attached hydrogen (secondary N) is 1. The molecule has 0 aromatic heterocycles. The monoisotopic (exact) mass is 275 g/mol. The van der Waals surface area contributed by atoms with E-state index in [-0.39, 0.29) is 5.75 Å². The summed E-state index contributed by atoms with van der Waals surface area (Å²) in [5.74, 6) is 0.796. The minimum Gasteiger partial charge on any atom is -0.406 e. The Labute approximate surface area is 112 Å². The molecule has 1 aromatic carbocycles. The van der Waals surface area contributed by atoms with Gasteiger partial charge in [0.25, 0.3) is 0 Å². The third-order valence-corrected chi connectivity index (χ3v) is 3.21. The predicted octanol–water partition coefficient (Wildman–Crippen LogP) is 3.62. The van der Waals surface area contributed by atoms with Crippen LogP contribution in [0, 0.1) is 11.8 Å². The highest BCUT2D eigenvalue weighted by Crippen LogP contribution is 2.24. The zero-order chi connectivity index (χ0) is 14.5. The van der Waals surface area contributed by atoms with Crippen LogP contribution in [-0.2, 0) is 6.42 Å². The first-order chi connectivity index (χ1) is 8.81. The third kappa shape index (κ3) is 5.96. The maximum atomic E-state index is 12.0. The number of halogens is 3. The van der Waals surface area contributed by atoms with Crippen molar-refractivity contribution in [3.63, 3.8) is 0 Å². The first-order valence-corrected chi connectivity index (χ1v) is 6.31. The number of alkyl halides is 3. The van der Waals surface area contributed by atoms with Gasteiger partial charge in [0.15, 0.2) is 0 Å². The van der Waals surface area contributed by atoms with Gasteiger partial charge in [-0.15, -0.1) is 13.2 Å². The second-order valence-electron chi connectivity index (χ2n) is 4.91. The number of ether oxygens (including phenoxy) is 1. The van der Waals surface area contributed by atoms with Gasteiger partial charge in [0, 0.05) is 0 Å². The van der Waals surface area contributed by atoms with Crippen LogP contribution < -0.4 is 10.1 Å². The van der Waals surface area contributed by atoms with E-state index in [2.05, 4.69) is 23.9 Å². The van der Waals surface area contributed by atoms with Crippen molar-refractivity contribution >= 4 is 0 Å². The van der Waals surface area contributed by atoms with Crippen molar-refractivity contribution in [2.45, 2.75) is 26.6 Å². The molecule has 0 aliphatic heterocycles. The molecule has 2 unspecified atom stereocenters. The summed E-state index contributed by atoms with van der Waals surface area (Å²) >= 11 is 0. The predicted molar refractivity (Wildman–Crippen MR) is 69.1 cm³/mol. The van der Waals surface area contributed by atoms with Crippen LogP contribution in [0.4, 0.5) is 13.2 Å². The Morgan fingerprint density at radius 2 is 1.68 bits per heavy atom. The lowest BCUT2D eigenvalue weighted by Crippen LogP contribution is -2.23. The third-order valence-electron chi connectivity index (χ3n) is 3.21. The van der Waals surface area contributed by atoms with Gasteiger partial charge in [0.1, 0.15) is 5.75 Å². The fourth-order valence-electron chi connectivity index (χ4n) is 1.92. The molecule has 108 valence electrons. The number of hydrogen-bond acceptors (Lipinski definition) is 2. The lowest BCUT2D eigenvalue weighted by Gasteiger charge is -2.19. The molecule has 1 N–H and O–H groups in total. The van der Waals surface area contributed by atoms with E-state index in [4.69, 9.17) is 0 Å². The Kier molecular flexibility index (Phi) is 5.66. The summed E-state index contributed by atoms with van der Waals surface area (Å²) in [5.41, 5.74) is 1.02. The summed E-state index contributed by atoms with van der Waals surface area (Å²) < 4.78 is 39.9.